The van der Waals surface area contributed by atoms with E-state index in [1.807, 2.05) is 0 Å². The van der Waals surface area contributed by atoms with E-state index in [0.29, 0.717) is 11.1 Å². The zero-order valence-electron chi connectivity index (χ0n) is 15.3. The zero-order chi connectivity index (χ0) is 21.7. The number of carbonyl (C=O) groups excluding carboxylic acids is 2. The Kier molecular flexibility index (Phi) is 5.88. The van der Waals surface area contributed by atoms with Gasteiger partial charge in [-0.3, -0.25) is 29.8 Å². The molecule has 8 heteroatoms. The molecule has 0 saturated heterocycles. The van der Waals surface area contributed by atoms with Crippen molar-refractivity contribution in [2.45, 2.75) is 0 Å². The summed E-state index contributed by atoms with van der Waals surface area (Å²) in [5, 5.41) is 21.6. The molecule has 1 radical (unpaired) electrons. The summed E-state index contributed by atoms with van der Waals surface area (Å²) in [4.78, 5) is 44.8. The van der Waals surface area contributed by atoms with Gasteiger partial charge in [0.15, 0.2) is 5.78 Å². The summed E-state index contributed by atoms with van der Waals surface area (Å²) in [5.74, 6) is -0.412. The fourth-order valence-corrected chi connectivity index (χ4v) is 2.81. The van der Waals surface area contributed by atoms with Gasteiger partial charge in [0.05, 0.1) is 9.85 Å². The molecule has 0 aliphatic rings. The van der Waals surface area contributed by atoms with E-state index in [0.717, 1.165) is 0 Å². The van der Waals surface area contributed by atoms with Gasteiger partial charge in [0.25, 0.3) is 11.4 Å². The molecule has 8 nitrogen and oxygen atoms in total. The fraction of sp³-hybridized carbons (Fsp3) is 0. The number of hydrogen-bond acceptors (Lipinski definition) is 6. The molecule has 0 bridgehead atoms. The van der Waals surface area contributed by atoms with Crippen LogP contribution in [0.1, 0.15) is 32.6 Å². The van der Waals surface area contributed by atoms with Crippen LogP contribution < -0.4 is 0 Å². The lowest BCUT2D eigenvalue weighted by Gasteiger charge is -2.08. The number of nitrogens with zero attached hydrogens (tertiary/aromatic N) is 2. The van der Waals surface area contributed by atoms with Crippen molar-refractivity contribution < 1.29 is 19.4 Å². The van der Waals surface area contributed by atoms with E-state index in [1.165, 1.54) is 42.5 Å². The molecule has 3 rings (SSSR count). The van der Waals surface area contributed by atoms with E-state index in [1.54, 1.807) is 42.7 Å². The van der Waals surface area contributed by atoms with Gasteiger partial charge in [-0.1, -0.05) is 30.4 Å². The minimum absolute atomic E-state index is 0.0530. The minimum atomic E-state index is -0.561. The van der Waals surface area contributed by atoms with E-state index in [-0.39, 0.29) is 28.1 Å². The third-order valence-corrected chi connectivity index (χ3v) is 4.35. The van der Waals surface area contributed by atoms with Gasteiger partial charge in [-0.2, -0.15) is 0 Å². The second kappa shape index (κ2) is 8.70. The molecule has 0 aliphatic carbocycles. The summed E-state index contributed by atoms with van der Waals surface area (Å²) in [6, 6.07) is 15.5. The van der Waals surface area contributed by atoms with Gasteiger partial charge in [-0.25, -0.2) is 0 Å². The number of nitro groups is 2. The number of benzene rings is 3. The fourth-order valence-electron chi connectivity index (χ4n) is 2.81. The standard InChI is InChI=1S/C22H13N2O6/c25-14-17-2-1-3-21(22(26)16-7-11-19(12-8-16)24(29)30)20(17)13-6-15-4-9-18(10-5-15)23(27)28/h1-13H/b13-6+. The van der Waals surface area contributed by atoms with Crippen molar-refractivity contribution >= 4 is 35.6 Å². The van der Waals surface area contributed by atoms with Gasteiger partial charge in [0, 0.05) is 41.0 Å². The number of non-ortho nitro benzene ring substituents is 2. The second-order valence-electron chi connectivity index (χ2n) is 6.18. The first-order chi connectivity index (χ1) is 14.4. The molecule has 0 unspecified atom stereocenters. The maximum atomic E-state index is 12.9. The van der Waals surface area contributed by atoms with Crippen LogP contribution in [-0.4, -0.2) is 21.9 Å². The molecule has 0 saturated carbocycles. The third-order valence-electron chi connectivity index (χ3n) is 4.35. The van der Waals surface area contributed by atoms with Crippen molar-refractivity contribution in [3.63, 3.8) is 0 Å². The van der Waals surface area contributed by atoms with Crippen molar-refractivity contribution in [3.05, 3.63) is 115 Å². The van der Waals surface area contributed by atoms with E-state index < -0.39 is 15.6 Å². The van der Waals surface area contributed by atoms with Crippen LogP contribution >= 0.6 is 0 Å². The highest BCUT2D eigenvalue weighted by atomic mass is 16.6. The average Bonchev–Trinajstić information content (AvgIpc) is 2.77. The summed E-state index contributed by atoms with van der Waals surface area (Å²) in [7, 11) is 0. The third kappa shape index (κ3) is 4.33. The van der Waals surface area contributed by atoms with Crippen LogP contribution in [0.3, 0.4) is 0 Å². The second-order valence-corrected chi connectivity index (χ2v) is 6.18. The largest absolute Gasteiger partial charge is 0.289 e. The summed E-state index contributed by atoms with van der Waals surface area (Å²) in [6.07, 6.45) is 4.97. The molecule has 30 heavy (non-hydrogen) atoms. The van der Waals surface area contributed by atoms with Crippen LogP contribution in [0.5, 0.6) is 0 Å². The molecule has 0 fully saturated rings. The number of nitro benzene ring substituents is 2. The van der Waals surface area contributed by atoms with E-state index in [2.05, 4.69) is 0 Å². The zero-order valence-corrected chi connectivity index (χ0v) is 15.3. The van der Waals surface area contributed by atoms with Crippen molar-refractivity contribution in [1.29, 1.82) is 0 Å². The van der Waals surface area contributed by atoms with Gasteiger partial charge in [-0.15, -0.1) is 0 Å². The van der Waals surface area contributed by atoms with Gasteiger partial charge < -0.3 is 0 Å². The molecular formula is C22H13N2O6. The Hall–Kier alpha value is -4.46. The van der Waals surface area contributed by atoms with Gasteiger partial charge in [-0.05, 0) is 35.4 Å². The predicted octanol–water partition coefficient (Wildman–Crippen LogP) is 4.36. The maximum absolute atomic E-state index is 12.9. The van der Waals surface area contributed by atoms with Crippen molar-refractivity contribution in [1.82, 2.24) is 0 Å². The Morgan fingerprint density at radius 2 is 1.37 bits per heavy atom. The van der Waals surface area contributed by atoms with Gasteiger partial charge >= 0.3 is 0 Å². The number of hydrogen-bond donors (Lipinski definition) is 0. The lowest BCUT2D eigenvalue weighted by atomic mass is 9.94. The number of ketones is 1. The molecule has 0 amide bonds. The Morgan fingerprint density at radius 1 is 0.800 bits per heavy atom. The predicted molar refractivity (Wildman–Crippen MR) is 110 cm³/mol. The highest BCUT2D eigenvalue weighted by molar-refractivity contribution is 6.12. The van der Waals surface area contributed by atoms with Crippen LogP contribution in [0.2, 0.25) is 0 Å². The maximum Gasteiger partial charge on any atom is 0.269 e. The number of rotatable bonds is 7. The van der Waals surface area contributed by atoms with Gasteiger partial charge in [0.1, 0.15) is 0 Å². The van der Waals surface area contributed by atoms with Crippen LogP contribution in [0, 0.1) is 20.2 Å². The van der Waals surface area contributed by atoms with Crippen molar-refractivity contribution in [2.75, 3.05) is 0 Å². The highest BCUT2D eigenvalue weighted by Gasteiger charge is 2.16. The topological polar surface area (TPSA) is 120 Å². The van der Waals surface area contributed by atoms with E-state index in [4.69, 9.17) is 0 Å². The van der Waals surface area contributed by atoms with Gasteiger partial charge in [0.2, 0.25) is 6.29 Å². The van der Waals surface area contributed by atoms with E-state index >= 15 is 0 Å². The summed E-state index contributed by atoms with van der Waals surface area (Å²) >= 11 is 0. The Balaban J connectivity index is 1.98. The summed E-state index contributed by atoms with van der Waals surface area (Å²) in [6.45, 7) is 0. The molecule has 0 N–H and O–H groups in total. The van der Waals surface area contributed by atoms with Crippen LogP contribution in [-0.2, 0) is 4.79 Å². The molecule has 3 aromatic carbocycles. The first-order valence-electron chi connectivity index (χ1n) is 8.63. The smallest absolute Gasteiger partial charge is 0.269 e. The molecule has 0 aliphatic heterocycles. The van der Waals surface area contributed by atoms with E-state index in [9.17, 15) is 29.8 Å². The molecule has 147 valence electrons. The average molecular weight is 401 g/mol. The summed E-state index contributed by atoms with van der Waals surface area (Å²) in [5.41, 5.74) is 1.39. The molecule has 0 aromatic heterocycles. The molecular weight excluding hydrogens is 388 g/mol. The Labute approximate surface area is 170 Å². The van der Waals surface area contributed by atoms with Crippen LogP contribution in [0.4, 0.5) is 11.4 Å². The molecule has 0 atom stereocenters. The number of carbonyl (C=O) groups is 1. The molecule has 0 heterocycles. The Morgan fingerprint density at radius 3 is 1.90 bits per heavy atom. The Bertz CT molecular complexity index is 1170. The summed E-state index contributed by atoms with van der Waals surface area (Å²) < 4.78 is 0. The SMILES string of the molecule is O=[C]c1cccc(C(=O)c2ccc([N+](=O)[O-])cc2)c1/C=C/c1ccc([N+](=O)[O-])cc1. The first kappa shape index (κ1) is 20.3. The van der Waals surface area contributed by atoms with Crippen LogP contribution in [0.25, 0.3) is 12.2 Å². The first-order valence-corrected chi connectivity index (χ1v) is 8.63. The molecule has 3 aromatic rings. The minimum Gasteiger partial charge on any atom is -0.289 e. The molecule has 0 spiro atoms. The lowest BCUT2D eigenvalue weighted by molar-refractivity contribution is -0.385. The normalized spacial score (nSPS) is 10.7. The van der Waals surface area contributed by atoms with Crippen LogP contribution in [0.15, 0.2) is 66.7 Å². The lowest BCUT2D eigenvalue weighted by Crippen LogP contribution is -2.06. The van der Waals surface area contributed by atoms with Crippen molar-refractivity contribution in [3.8, 4) is 0 Å². The monoisotopic (exact) mass is 401 g/mol. The van der Waals surface area contributed by atoms with Crippen molar-refractivity contribution in [2.24, 2.45) is 0 Å². The highest BCUT2D eigenvalue weighted by Crippen LogP contribution is 2.22. The quantitative estimate of drug-likeness (QED) is 0.251.